The lowest BCUT2D eigenvalue weighted by Gasteiger charge is -2.26. The van der Waals surface area contributed by atoms with E-state index in [1.807, 2.05) is 25.1 Å². The molecule has 2 rings (SSSR count). The molecule has 1 N–H and O–H groups in total. The lowest BCUT2D eigenvalue weighted by Crippen LogP contribution is -2.40. The van der Waals surface area contributed by atoms with Gasteiger partial charge in [-0.05, 0) is 31.5 Å². The van der Waals surface area contributed by atoms with Crippen LogP contribution in [-0.2, 0) is 9.47 Å². The van der Waals surface area contributed by atoms with E-state index in [0.29, 0.717) is 6.79 Å². The first-order chi connectivity index (χ1) is 9.15. The van der Waals surface area contributed by atoms with Crippen LogP contribution >= 0.6 is 0 Å². The molecule has 1 aromatic carbocycles. The molecule has 0 saturated heterocycles. The zero-order valence-corrected chi connectivity index (χ0v) is 11.8. The molecular weight excluding hydrogens is 246 g/mol. The number of rotatable bonds is 6. The van der Waals surface area contributed by atoms with Crippen molar-refractivity contribution in [3.05, 3.63) is 23.8 Å². The molecule has 0 spiro atoms. The number of ether oxygens (including phenoxy) is 4. The Morgan fingerprint density at radius 2 is 1.79 bits per heavy atom. The van der Waals surface area contributed by atoms with Crippen molar-refractivity contribution in [3.63, 3.8) is 0 Å². The highest BCUT2D eigenvalue weighted by atomic mass is 16.7. The SMILES string of the molecule is COC(OC)C(C)NC(C)c1ccc2c(c1)OCO2. The van der Waals surface area contributed by atoms with Crippen LogP contribution in [0.1, 0.15) is 25.5 Å². The average molecular weight is 267 g/mol. The van der Waals surface area contributed by atoms with E-state index in [2.05, 4.69) is 12.2 Å². The van der Waals surface area contributed by atoms with Crippen LogP contribution in [0.5, 0.6) is 11.5 Å². The molecule has 5 nitrogen and oxygen atoms in total. The van der Waals surface area contributed by atoms with Crippen molar-refractivity contribution >= 4 is 0 Å². The Kier molecular flexibility index (Phi) is 4.63. The third-order valence-corrected chi connectivity index (χ3v) is 3.28. The van der Waals surface area contributed by atoms with E-state index in [-0.39, 0.29) is 18.4 Å². The van der Waals surface area contributed by atoms with Crippen LogP contribution in [0, 0.1) is 0 Å². The van der Waals surface area contributed by atoms with Crippen molar-refractivity contribution < 1.29 is 18.9 Å². The highest BCUT2D eigenvalue weighted by Crippen LogP contribution is 2.34. The van der Waals surface area contributed by atoms with Gasteiger partial charge in [-0.15, -0.1) is 0 Å². The number of methoxy groups -OCH3 is 2. The molecule has 0 fully saturated rings. The molecular formula is C14H21NO4. The van der Waals surface area contributed by atoms with Crippen LogP contribution < -0.4 is 14.8 Å². The van der Waals surface area contributed by atoms with Crippen molar-refractivity contribution in [2.75, 3.05) is 21.0 Å². The summed E-state index contributed by atoms with van der Waals surface area (Å²) in [6.45, 7) is 4.42. The van der Waals surface area contributed by atoms with Gasteiger partial charge in [0.1, 0.15) is 0 Å². The molecule has 1 heterocycles. The van der Waals surface area contributed by atoms with E-state index in [1.165, 1.54) is 0 Å². The second-order valence-corrected chi connectivity index (χ2v) is 4.63. The number of nitrogens with one attached hydrogen (secondary N) is 1. The highest BCUT2D eigenvalue weighted by molar-refractivity contribution is 5.45. The minimum Gasteiger partial charge on any atom is -0.454 e. The quantitative estimate of drug-likeness (QED) is 0.800. The average Bonchev–Trinajstić information content (AvgIpc) is 2.87. The van der Waals surface area contributed by atoms with Gasteiger partial charge in [0.15, 0.2) is 17.8 Å². The minimum atomic E-state index is -0.267. The van der Waals surface area contributed by atoms with Crippen LogP contribution in [0.4, 0.5) is 0 Å². The summed E-state index contributed by atoms with van der Waals surface area (Å²) in [5, 5.41) is 3.44. The molecule has 19 heavy (non-hydrogen) atoms. The van der Waals surface area contributed by atoms with Crippen molar-refractivity contribution in [2.24, 2.45) is 0 Å². The van der Waals surface area contributed by atoms with Crippen molar-refractivity contribution in [2.45, 2.75) is 32.2 Å². The summed E-state index contributed by atoms with van der Waals surface area (Å²) in [4.78, 5) is 0. The fraction of sp³-hybridized carbons (Fsp3) is 0.571. The first kappa shape index (κ1) is 14.1. The number of benzene rings is 1. The maximum Gasteiger partial charge on any atom is 0.231 e. The largest absolute Gasteiger partial charge is 0.454 e. The van der Waals surface area contributed by atoms with E-state index in [1.54, 1.807) is 14.2 Å². The van der Waals surface area contributed by atoms with Crippen LogP contribution in [0.25, 0.3) is 0 Å². The third-order valence-electron chi connectivity index (χ3n) is 3.28. The fourth-order valence-corrected chi connectivity index (χ4v) is 2.26. The smallest absolute Gasteiger partial charge is 0.231 e. The van der Waals surface area contributed by atoms with Crippen molar-refractivity contribution in [1.29, 1.82) is 0 Å². The van der Waals surface area contributed by atoms with E-state index < -0.39 is 0 Å². The zero-order chi connectivity index (χ0) is 13.8. The Bertz CT molecular complexity index is 420. The van der Waals surface area contributed by atoms with Crippen LogP contribution in [0.2, 0.25) is 0 Å². The van der Waals surface area contributed by atoms with Gasteiger partial charge in [-0.25, -0.2) is 0 Å². The first-order valence-corrected chi connectivity index (χ1v) is 6.37. The topological polar surface area (TPSA) is 49.0 Å². The summed E-state index contributed by atoms with van der Waals surface area (Å²) in [6.07, 6.45) is -0.267. The molecule has 5 heteroatoms. The minimum absolute atomic E-state index is 0.0791. The molecule has 1 aromatic rings. The normalized spacial score (nSPS) is 16.7. The van der Waals surface area contributed by atoms with Gasteiger partial charge in [0.25, 0.3) is 0 Å². The number of fused-ring (bicyclic) bond motifs is 1. The van der Waals surface area contributed by atoms with Crippen molar-refractivity contribution in [1.82, 2.24) is 5.32 Å². The monoisotopic (exact) mass is 267 g/mol. The third kappa shape index (κ3) is 3.18. The van der Waals surface area contributed by atoms with Gasteiger partial charge < -0.3 is 24.3 Å². The zero-order valence-electron chi connectivity index (χ0n) is 11.8. The van der Waals surface area contributed by atoms with Gasteiger partial charge in [0.2, 0.25) is 6.79 Å². The Morgan fingerprint density at radius 1 is 1.11 bits per heavy atom. The Labute approximate surface area is 113 Å². The van der Waals surface area contributed by atoms with E-state index in [9.17, 15) is 0 Å². The molecule has 0 radical (unpaired) electrons. The lowest BCUT2D eigenvalue weighted by molar-refractivity contribution is -0.120. The summed E-state index contributed by atoms with van der Waals surface area (Å²) < 4.78 is 21.2. The summed E-state index contributed by atoms with van der Waals surface area (Å²) >= 11 is 0. The second-order valence-electron chi connectivity index (χ2n) is 4.63. The Balaban J connectivity index is 2.01. The number of hydrogen-bond acceptors (Lipinski definition) is 5. The van der Waals surface area contributed by atoms with E-state index in [4.69, 9.17) is 18.9 Å². The summed E-state index contributed by atoms with van der Waals surface area (Å²) in [7, 11) is 3.27. The predicted molar refractivity (Wildman–Crippen MR) is 71.4 cm³/mol. The maximum atomic E-state index is 5.38. The van der Waals surface area contributed by atoms with Gasteiger partial charge in [0, 0.05) is 20.3 Å². The molecule has 2 atom stereocenters. The Hall–Kier alpha value is -1.30. The van der Waals surface area contributed by atoms with Gasteiger partial charge >= 0.3 is 0 Å². The molecule has 0 aromatic heterocycles. The van der Waals surface area contributed by atoms with Gasteiger partial charge in [0.05, 0.1) is 6.04 Å². The molecule has 1 aliphatic heterocycles. The lowest BCUT2D eigenvalue weighted by atomic mass is 10.1. The van der Waals surface area contributed by atoms with Gasteiger partial charge in [-0.1, -0.05) is 6.07 Å². The fourth-order valence-electron chi connectivity index (χ4n) is 2.26. The van der Waals surface area contributed by atoms with Crippen LogP contribution in [-0.4, -0.2) is 33.3 Å². The van der Waals surface area contributed by atoms with Gasteiger partial charge in [-0.2, -0.15) is 0 Å². The maximum absolute atomic E-state index is 5.38. The Morgan fingerprint density at radius 3 is 2.47 bits per heavy atom. The highest BCUT2D eigenvalue weighted by Gasteiger charge is 2.20. The first-order valence-electron chi connectivity index (χ1n) is 6.37. The molecule has 0 amide bonds. The van der Waals surface area contributed by atoms with Gasteiger partial charge in [-0.3, -0.25) is 0 Å². The molecule has 1 aliphatic rings. The summed E-state index contributed by atoms with van der Waals surface area (Å²) in [5.41, 5.74) is 1.14. The second kappa shape index (κ2) is 6.23. The van der Waals surface area contributed by atoms with E-state index in [0.717, 1.165) is 17.1 Å². The predicted octanol–water partition coefficient (Wildman–Crippen LogP) is 2.07. The molecule has 2 unspecified atom stereocenters. The molecule has 0 bridgehead atoms. The number of hydrogen-bond donors (Lipinski definition) is 1. The molecule has 0 saturated carbocycles. The van der Waals surface area contributed by atoms with Crippen LogP contribution in [0.15, 0.2) is 18.2 Å². The summed E-state index contributed by atoms with van der Waals surface area (Å²) in [6, 6.07) is 6.21. The molecule has 0 aliphatic carbocycles. The van der Waals surface area contributed by atoms with Crippen molar-refractivity contribution in [3.8, 4) is 11.5 Å². The van der Waals surface area contributed by atoms with Crippen LogP contribution in [0.3, 0.4) is 0 Å². The standard InChI is InChI=1S/C14H21NO4/c1-9(15-10(2)14(16-3)17-4)11-5-6-12-13(7-11)19-8-18-12/h5-7,9-10,14-15H,8H2,1-4H3. The summed E-state index contributed by atoms with van der Waals surface area (Å²) in [5.74, 6) is 1.60. The molecule has 106 valence electrons. The van der Waals surface area contributed by atoms with E-state index >= 15 is 0 Å².